The van der Waals surface area contributed by atoms with E-state index in [2.05, 4.69) is 50.6 Å². The summed E-state index contributed by atoms with van der Waals surface area (Å²) >= 11 is 0. The Labute approximate surface area is 183 Å². The summed E-state index contributed by atoms with van der Waals surface area (Å²) in [5.41, 5.74) is 1.30. The molecule has 8 nitrogen and oxygen atoms in total. The van der Waals surface area contributed by atoms with Crippen LogP contribution in [0.4, 0.5) is 17.3 Å². The number of nitro groups is 1. The number of hydrogen-bond acceptors (Lipinski definition) is 7. The van der Waals surface area contributed by atoms with E-state index < -0.39 is 0 Å². The molecule has 0 spiro atoms. The van der Waals surface area contributed by atoms with Crippen LogP contribution in [-0.4, -0.2) is 58.6 Å². The predicted molar refractivity (Wildman–Crippen MR) is 122 cm³/mol. The van der Waals surface area contributed by atoms with Gasteiger partial charge in [0.25, 0.3) is 0 Å². The highest BCUT2D eigenvalue weighted by molar-refractivity contribution is 5.72. The highest BCUT2D eigenvalue weighted by Crippen LogP contribution is 2.38. The van der Waals surface area contributed by atoms with Gasteiger partial charge in [-0.15, -0.1) is 6.58 Å². The number of piperazine rings is 1. The molecule has 1 aliphatic heterocycles. The standard InChI is InChI=1S/C23H30N6O2/c1-2-12-28(20-10-6-7-11-20)23-21(29(30)31)22(24-18-25-23)27-15-13-26(14-16-27)17-19-8-4-3-5-9-19/h2-5,8-9,18,20H,1,6-7,10-17H2. The molecule has 31 heavy (non-hydrogen) atoms. The molecule has 1 saturated heterocycles. The number of benzene rings is 1. The van der Waals surface area contributed by atoms with E-state index in [1.165, 1.54) is 11.9 Å². The molecule has 0 radical (unpaired) electrons. The molecule has 0 amide bonds. The third-order valence-electron chi connectivity index (χ3n) is 6.25. The fourth-order valence-electron chi connectivity index (χ4n) is 4.69. The van der Waals surface area contributed by atoms with Gasteiger partial charge in [-0.3, -0.25) is 15.0 Å². The maximum absolute atomic E-state index is 12.2. The van der Waals surface area contributed by atoms with Crippen LogP contribution in [0.3, 0.4) is 0 Å². The van der Waals surface area contributed by atoms with Crippen LogP contribution in [0.25, 0.3) is 0 Å². The van der Waals surface area contributed by atoms with Gasteiger partial charge in [0, 0.05) is 45.3 Å². The lowest BCUT2D eigenvalue weighted by Gasteiger charge is -2.35. The second-order valence-corrected chi connectivity index (χ2v) is 8.25. The number of anilines is 2. The first-order valence-corrected chi connectivity index (χ1v) is 11.1. The Morgan fingerprint density at radius 1 is 1.13 bits per heavy atom. The van der Waals surface area contributed by atoms with Gasteiger partial charge in [-0.25, -0.2) is 9.97 Å². The molecule has 2 aromatic rings. The molecular formula is C23H30N6O2. The van der Waals surface area contributed by atoms with Gasteiger partial charge in [0.05, 0.1) is 4.92 Å². The third kappa shape index (κ3) is 4.85. The first-order valence-electron chi connectivity index (χ1n) is 11.1. The van der Waals surface area contributed by atoms with E-state index in [-0.39, 0.29) is 16.7 Å². The molecule has 0 bridgehead atoms. The monoisotopic (exact) mass is 422 g/mol. The van der Waals surface area contributed by atoms with Gasteiger partial charge in [0.15, 0.2) is 0 Å². The maximum atomic E-state index is 12.2. The molecule has 164 valence electrons. The van der Waals surface area contributed by atoms with Crippen LogP contribution in [0.5, 0.6) is 0 Å². The molecule has 2 heterocycles. The van der Waals surface area contributed by atoms with E-state index in [0.29, 0.717) is 31.3 Å². The van der Waals surface area contributed by atoms with E-state index >= 15 is 0 Å². The molecule has 4 rings (SSSR count). The predicted octanol–water partition coefficient (Wildman–Crippen LogP) is 3.64. The van der Waals surface area contributed by atoms with E-state index in [4.69, 9.17) is 0 Å². The summed E-state index contributed by atoms with van der Waals surface area (Å²) in [4.78, 5) is 27.0. The van der Waals surface area contributed by atoms with E-state index in [9.17, 15) is 10.1 Å². The van der Waals surface area contributed by atoms with Crippen molar-refractivity contribution in [2.45, 2.75) is 38.3 Å². The van der Waals surface area contributed by atoms with E-state index in [1.54, 1.807) is 6.08 Å². The molecule has 1 aromatic carbocycles. The van der Waals surface area contributed by atoms with Gasteiger partial charge in [-0.05, 0) is 18.4 Å². The summed E-state index contributed by atoms with van der Waals surface area (Å²) in [6.07, 6.45) is 7.62. The molecule has 0 N–H and O–H groups in total. The fourth-order valence-corrected chi connectivity index (χ4v) is 4.69. The average molecular weight is 423 g/mol. The molecule has 1 aromatic heterocycles. The summed E-state index contributed by atoms with van der Waals surface area (Å²) in [5.74, 6) is 0.856. The van der Waals surface area contributed by atoms with Crippen LogP contribution < -0.4 is 9.80 Å². The molecule has 0 unspecified atom stereocenters. The van der Waals surface area contributed by atoms with Crippen molar-refractivity contribution in [1.82, 2.24) is 14.9 Å². The van der Waals surface area contributed by atoms with E-state index in [1.807, 2.05) is 11.0 Å². The minimum atomic E-state index is -0.313. The van der Waals surface area contributed by atoms with Crippen LogP contribution in [0, 0.1) is 10.1 Å². The van der Waals surface area contributed by atoms with Gasteiger partial charge in [0.1, 0.15) is 6.33 Å². The lowest BCUT2D eigenvalue weighted by atomic mass is 10.2. The largest absolute Gasteiger partial charge is 0.353 e. The summed E-state index contributed by atoms with van der Waals surface area (Å²) < 4.78 is 0. The zero-order valence-electron chi connectivity index (χ0n) is 17.9. The topological polar surface area (TPSA) is 78.6 Å². The van der Waals surface area contributed by atoms with Gasteiger partial charge >= 0.3 is 5.69 Å². The quantitative estimate of drug-likeness (QED) is 0.365. The smallest absolute Gasteiger partial charge is 0.348 e. The lowest BCUT2D eigenvalue weighted by Crippen LogP contribution is -2.46. The zero-order chi connectivity index (χ0) is 21.6. The Morgan fingerprint density at radius 2 is 1.84 bits per heavy atom. The van der Waals surface area contributed by atoms with Gasteiger partial charge < -0.3 is 9.80 Å². The second-order valence-electron chi connectivity index (χ2n) is 8.25. The Bertz CT molecular complexity index is 892. The summed E-state index contributed by atoms with van der Waals surface area (Å²) in [5, 5.41) is 12.2. The normalized spacial score (nSPS) is 17.6. The average Bonchev–Trinajstić information content (AvgIpc) is 3.33. The number of nitrogens with zero attached hydrogens (tertiary/aromatic N) is 6. The second kappa shape index (κ2) is 9.87. The minimum absolute atomic E-state index is 0.0211. The van der Waals surface area contributed by atoms with Gasteiger partial charge in [-0.2, -0.15) is 0 Å². The highest BCUT2D eigenvalue weighted by Gasteiger charge is 2.34. The van der Waals surface area contributed by atoms with Crippen molar-refractivity contribution in [2.24, 2.45) is 0 Å². The number of hydrogen-bond donors (Lipinski definition) is 0. The van der Waals surface area contributed by atoms with Crippen molar-refractivity contribution < 1.29 is 4.92 Å². The first kappa shape index (κ1) is 21.2. The SMILES string of the molecule is C=CCN(c1ncnc(N2CCN(Cc3ccccc3)CC2)c1[N+](=O)[O-])C1CCCC1. The Balaban J connectivity index is 1.54. The Morgan fingerprint density at radius 3 is 2.48 bits per heavy atom. The maximum Gasteiger partial charge on any atom is 0.353 e. The molecule has 1 saturated carbocycles. The molecular weight excluding hydrogens is 392 g/mol. The van der Waals surface area contributed by atoms with Crippen molar-refractivity contribution >= 4 is 17.3 Å². The molecule has 8 heteroatoms. The summed E-state index contributed by atoms with van der Waals surface area (Å²) in [6.45, 7) is 8.38. The molecule has 2 fully saturated rings. The summed E-state index contributed by atoms with van der Waals surface area (Å²) in [7, 11) is 0. The number of rotatable bonds is 8. The number of aromatic nitrogens is 2. The lowest BCUT2D eigenvalue weighted by molar-refractivity contribution is -0.383. The zero-order valence-corrected chi connectivity index (χ0v) is 17.9. The van der Waals surface area contributed by atoms with Crippen molar-refractivity contribution in [1.29, 1.82) is 0 Å². The Kier molecular flexibility index (Phi) is 6.76. The van der Waals surface area contributed by atoms with Crippen molar-refractivity contribution in [3.63, 3.8) is 0 Å². The minimum Gasteiger partial charge on any atom is -0.348 e. The van der Waals surface area contributed by atoms with Crippen LogP contribution in [0.15, 0.2) is 49.3 Å². The van der Waals surface area contributed by atoms with Crippen molar-refractivity contribution in [3.8, 4) is 0 Å². The summed E-state index contributed by atoms with van der Waals surface area (Å²) in [6, 6.07) is 10.7. The first-order chi connectivity index (χ1) is 15.2. The van der Waals surface area contributed by atoms with Crippen LogP contribution in [0.1, 0.15) is 31.2 Å². The molecule has 1 aliphatic carbocycles. The molecule has 0 atom stereocenters. The van der Waals surface area contributed by atoms with Crippen molar-refractivity contribution in [2.75, 3.05) is 42.5 Å². The van der Waals surface area contributed by atoms with Gasteiger partial charge in [-0.1, -0.05) is 49.2 Å². The third-order valence-corrected chi connectivity index (χ3v) is 6.25. The van der Waals surface area contributed by atoms with E-state index in [0.717, 1.165) is 45.3 Å². The highest BCUT2D eigenvalue weighted by atomic mass is 16.6. The van der Waals surface area contributed by atoms with Crippen molar-refractivity contribution in [3.05, 3.63) is 65.0 Å². The van der Waals surface area contributed by atoms with Crippen LogP contribution in [-0.2, 0) is 6.54 Å². The fraction of sp³-hybridized carbons (Fsp3) is 0.478. The molecule has 2 aliphatic rings. The van der Waals surface area contributed by atoms with Gasteiger partial charge in [0.2, 0.25) is 11.6 Å². The van der Waals surface area contributed by atoms with Crippen LogP contribution >= 0.6 is 0 Å². The van der Waals surface area contributed by atoms with Crippen LogP contribution in [0.2, 0.25) is 0 Å². The Hall–Kier alpha value is -3.00.